The Kier molecular flexibility index (Phi) is 8.43. The molecule has 10 rings (SSSR count). The van der Waals surface area contributed by atoms with Crippen molar-refractivity contribution in [2.75, 3.05) is 9.80 Å². The van der Waals surface area contributed by atoms with Crippen molar-refractivity contribution in [1.82, 2.24) is 0 Å². The third kappa shape index (κ3) is 5.80. The monoisotopic (exact) mass is 821 g/mol. The largest absolute Gasteiger partial charge is 0.311 e. The van der Waals surface area contributed by atoms with Gasteiger partial charge in [-0.05, 0) is 193 Å². The predicted molar refractivity (Wildman–Crippen MR) is 270 cm³/mol. The zero-order valence-electron chi connectivity index (χ0n) is 41.7. The summed E-state index contributed by atoms with van der Waals surface area (Å²) < 4.78 is 0. The Morgan fingerprint density at radius 2 is 0.806 bits per heavy atom. The highest BCUT2D eigenvalue weighted by Gasteiger charge is 2.50. The number of anilines is 6. The molecule has 5 aliphatic rings. The van der Waals surface area contributed by atoms with Crippen LogP contribution in [0.25, 0.3) is 0 Å². The molecule has 0 aromatic heterocycles. The lowest BCUT2D eigenvalue weighted by Gasteiger charge is -2.47. The summed E-state index contributed by atoms with van der Waals surface area (Å²) in [6.07, 6.45) is 4.71. The van der Waals surface area contributed by atoms with Gasteiger partial charge in [-0.15, -0.1) is 0 Å². The molecule has 2 aliphatic heterocycles. The second kappa shape index (κ2) is 12.5. The van der Waals surface area contributed by atoms with Crippen LogP contribution in [-0.2, 0) is 37.9 Å². The first kappa shape index (κ1) is 41.8. The van der Waals surface area contributed by atoms with Gasteiger partial charge >= 0.3 is 0 Å². The Morgan fingerprint density at radius 3 is 1.27 bits per heavy atom. The lowest BCUT2D eigenvalue weighted by atomic mass is 9.33. The Bertz CT molecular complexity index is 2780. The number of aryl methyl sites for hydroxylation is 3. The van der Waals surface area contributed by atoms with E-state index in [0.717, 1.165) is 12.8 Å². The van der Waals surface area contributed by atoms with E-state index in [9.17, 15) is 0 Å². The number of hydrogen-bond acceptors (Lipinski definition) is 2. The van der Waals surface area contributed by atoms with E-state index in [1.165, 1.54) is 119 Å². The predicted octanol–water partition coefficient (Wildman–Crippen LogP) is 14.3. The molecule has 3 heteroatoms. The first-order valence-electron chi connectivity index (χ1n) is 23.9. The van der Waals surface area contributed by atoms with Gasteiger partial charge in [-0.1, -0.05) is 134 Å². The van der Waals surface area contributed by atoms with E-state index in [1.54, 1.807) is 0 Å². The number of hydrogen-bond donors (Lipinski definition) is 0. The van der Waals surface area contributed by atoms with Gasteiger partial charge in [0.05, 0.1) is 0 Å². The average molecular weight is 821 g/mol. The fourth-order valence-electron chi connectivity index (χ4n) is 13.9. The topological polar surface area (TPSA) is 6.48 Å². The third-order valence-corrected chi connectivity index (χ3v) is 16.9. The first-order chi connectivity index (χ1) is 28.5. The number of fused-ring (bicyclic) bond motifs is 7. The highest BCUT2D eigenvalue weighted by Crippen LogP contribution is 2.56. The van der Waals surface area contributed by atoms with E-state index in [1.807, 2.05) is 0 Å². The maximum absolute atomic E-state index is 2.74. The third-order valence-electron chi connectivity index (χ3n) is 16.9. The standard InChI is InChI=1S/C59H73BN2/c1-34-23-50-52-51(24-34)62(46-29-41-38(25-35(46)2)54(7,8)21-22-55(41,9)10)49-31-43-40(57(13,14)33-59(43,17)18)28-45(49)60(52)44-20-19-37(53(4,5)6)27-48(44)61(50)47-30-42-39(26-36(47)3)56(11,12)32-58(42,15)16/h19-20,23-31H,21-22,32-33H2,1-18H3. The van der Waals surface area contributed by atoms with E-state index in [4.69, 9.17) is 0 Å². The van der Waals surface area contributed by atoms with Crippen LogP contribution in [0.15, 0.2) is 66.7 Å². The molecular weight excluding hydrogens is 747 g/mol. The molecule has 0 unspecified atom stereocenters. The minimum atomic E-state index is 0.00174. The fraction of sp³-hybridized carbons (Fsp3) is 0.492. The summed E-state index contributed by atoms with van der Waals surface area (Å²) >= 11 is 0. The van der Waals surface area contributed by atoms with Crippen LogP contribution >= 0.6 is 0 Å². The molecular formula is C59H73BN2. The van der Waals surface area contributed by atoms with Crippen molar-refractivity contribution < 1.29 is 0 Å². The smallest absolute Gasteiger partial charge is 0.252 e. The number of nitrogens with zero attached hydrogens (tertiary/aromatic N) is 2. The summed E-state index contributed by atoms with van der Waals surface area (Å²) in [5.41, 5.74) is 27.4. The lowest BCUT2D eigenvalue weighted by Crippen LogP contribution is -2.61. The molecule has 5 aromatic carbocycles. The van der Waals surface area contributed by atoms with Gasteiger partial charge < -0.3 is 9.80 Å². The van der Waals surface area contributed by atoms with Crippen molar-refractivity contribution in [2.45, 2.75) is 188 Å². The molecule has 0 saturated carbocycles. The Morgan fingerprint density at radius 1 is 0.419 bits per heavy atom. The van der Waals surface area contributed by atoms with Crippen LogP contribution in [-0.4, -0.2) is 6.71 Å². The highest BCUT2D eigenvalue weighted by molar-refractivity contribution is 7.00. The van der Waals surface area contributed by atoms with Crippen LogP contribution in [0.5, 0.6) is 0 Å². The summed E-state index contributed by atoms with van der Waals surface area (Å²) in [5.74, 6) is 0. The van der Waals surface area contributed by atoms with E-state index < -0.39 is 0 Å². The average Bonchev–Trinajstić information content (AvgIpc) is 3.45. The molecule has 0 fully saturated rings. The van der Waals surface area contributed by atoms with Gasteiger partial charge in [-0.25, -0.2) is 0 Å². The van der Waals surface area contributed by atoms with Crippen molar-refractivity contribution >= 4 is 57.2 Å². The fourth-order valence-corrected chi connectivity index (χ4v) is 13.9. The zero-order valence-corrected chi connectivity index (χ0v) is 41.7. The first-order valence-corrected chi connectivity index (χ1v) is 23.9. The maximum atomic E-state index is 2.74. The molecule has 5 aromatic rings. The van der Waals surface area contributed by atoms with Crippen LogP contribution in [0.4, 0.5) is 34.1 Å². The lowest BCUT2D eigenvalue weighted by molar-refractivity contribution is 0.332. The molecule has 0 spiro atoms. The molecule has 2 heterocycles. The Balaban J connectivity index is 1.33. The van der Waals surface area contributed by atoms with Gasteiger partial charge in [0.2, 0.25) is 0 Å². The van der Waals surface area contributed by atoms with E-state index in [-0.39, 0.29) is 44.6 Å². The summed E-state index contributed by atoms with van der Waals surface area (Å²) in [6.45, 7) is 43.9. The van der Waals surface area contributed by atoms with Gasteiger partial charge in [0.25, 0.3) is 6.71 Å². The normalized spacial score (nSPS) is 21.2. The zero-order chi connectivity index (χ0) is 44.8. The van der Waals surface area contributed by atoms with E-state index >= 15 is 0 Å². The summed E-state index contributed by atoms with van der Waals surface area (Å²) in [6, 6.07) is 28.3. The molecule has 0 bridgehead atoms. The molecule has 0 radical (unpaired) electrons. The molecule has 3 aliphatic carbocycles. The Labute approximate surface area is 376 Å². The van der Waals surface area contributed by atoms with Crippen molar-refractivity contribution in [3.05, 3.63) is 122 Å². The van der Waals surface area contributed by atoms with Crippen molar-refractivity contribution in [3.8, 4) is 0 Å². The van der Waals surface area contributed by atoms with Crippen molar-refractivity contribution in [1.29, 1.82) is 0 Å². The molecule has 0 amide bonds. The SMILES string of the molecule is Cc1cc2c3c(c1)N(c1cc4c(cc1C)C(C)(C)CCC4(C)C)c1cc4c(cc1B3c1ccc(C(C)(C)C)cc1N2c1cc2c(cc1C)C(C)(C)CC2(C)C)C(C)(C)CC4(C)C. The second-order valence-corrected chi connectivity index (χ2v) is 25.8. The quantitative estimate of drug-likeness (QED) is 0.160. The van der Waals surface area contributed by atoms with E-state index in [2.05, 4.69) is 201 Å². The van der Waals surface area contributed by atoms with Crippen molar-refractivity contribution in [2.24, 2.45) is 0 Å². The Hall–Kier alpha value is -4.24. The van der Waals surface area contributed by atoms with Gasteiger partial charge in [0.1, 0.15) is 0 Å². The van der Waals surface area contributed by atoms with Gasteiger partial charge in [-0.3, -0.25) is 0 Å². The van der Waals surface area contributed by atoms with Crippen molar-refractivity contribution in [3.63, 3.8) is 0 Å². The molecule has 0 N–H and O–H groups in total. The summed E-state index contributed by atoms with van der Waals surface area (Å²) in [7, 11) is 0. The highest BCUT2D eigenvalue weighted by atomic mass is 15.2. The van der Waals surface area contributed by atoms with Gasteiger partial charge in [0, 0.05) is 34.1 Å². The maximum Gasteiger partial charge on any atom is 0.252 e. The number of rotatable bonds is 2. The molecule has 0 saturated heterocycles. The number of benzene rings is 5. The molecule has 62 heavy (non-hydrogen) atoms. The second-order valence-electron chi connectivity index (χ2n) is 25.8. The van der Waals surface area contributed by atoms with Crippen LogP contribution in [0.3, 0.4) is 0 Å². The summed E-state index contributed by atoms with van der Waals surface area (Å²) in [4.78, 5) is 5.44. The molecule has 322 valence electrons. The van der Waals surface area contributed by atoms with Crippen LogP contribution < -0.4 is 26.2 Å². The van der Waals surface area contributed by atoms with Crippen LogP contribution in [0, 0.1) is 20.8 Å². The minimum absolute atomic E-state index is 0.00174. The van der Waals surface area contributed by atoms with Crippen LogP contribution in [0.2, 0.25) is 0 Å². The minimum Gasteiger partial charge on any atom is -0.311 e. The molecule has 0 atom stereocenters. The van der Waals surface area contributed by atoms with Crippen LogP contribution in [0.1, 0.15) is 185 Å². The van der Waals surface area contributed by atoms with E-state index in [0.29, 0.717) is 0 Å². The summed E-state index contributed by atoms with van der Waals surface area (Å²) in [5, 5.41) is 0. The molecule has 2 nitrogen and oxygen atoms in total. The van der Waals surface area contributed by atoms with Gasteiger partial charge in [-0.2, -0.15) is 0 Å². The van der Waals surface area contributed by atoms with Gasteiger partial charge in [0.15, 0.2) is 0 Å².